The van der Waals surface area contributed by atoms with Crippen LogP contribution in [-0.2, 0) is 33.7 Å². The van der Waals surface area contributed by atoms with Crippen molar-refractivity contribution in [2.24, 2.45) is 0 Å². The molecular weight excluding hydrogens is 628 g/mol. The van der Waals surface area contributed by atoms with Crippen molar-refractivity contribution >= 4 is 33.6 Å². The van der Waals surface area contributed by atoms with Crippen LogP contribution in [0.25, 0.3) is 10.2 Å². The van der Waals surface area contributed by atoms with E-state index in [1.807, 2.05) is 41.3 Å². The number of aromatic nitrogens is 1. The van der Waals surface area contributed by atoms with Gasteiger partial charge in [-0.05, 0) is 55.6 Å². The van der Waals surface area contributed by atoms with Crippen LogP contribution < -0.4 is 4.87 Å². The summed E-state index contributed by atoms with van der Waals surface area (Å²) in [6.45, 7) is 11.2. The first kappa shape index (κ1) is 36.6. The van der Waals surface area contributed by atoms with Crippen LogP contribution in [0.15, 0.2) is 71.5 Å². The minimum absolute atomic E-state index is 0.00715. The number of ether oxygens (including phenoxy) is 2. The zero-order valence-corrected chi connectivity index (χ0v) is 29.1. The summed E-state index contributed by atoms with van der Waals surface area (Å²) in [5.74, 6) is -0.0135. The number of hydrogen-bond acceptors (Lipinski definition) is 8. The number of fused-ring (bicyclic) bond motifs is 1. The first-order chi connectivity index (χ1) is 23.3. The maximum atomic E-state index is 13.5. The molecule has 0 saturated carbocycles. The largest absolute Gasteiger partial charge is 0.506 e. The molecule has 0 aliphatic rings. The number of amides is 2. The van der Waals surface area contributed by atoms with Crippen LogP contribution in [0.2, 0.25) is 0 Å². The molecule has 0 bridgehead atoms. The molecule has 11 heteroatoms. The first-order valence-electron chi connectivity index (χ1n) is 16.7. The number of aryl methyl sites for hydroxylation is 1. The molecule has 0 radical (unpaired) electrons. The molecule has 0 atom stereocenters. The lowest BCUT2D eigenvalue weighted by Gasteiger charge is -2.29. The molecule has 48 heavy (non-hydrogen) atoms. The predicted molar refractivity (Wildman–Crippen MR) is 191 cm³/mol. The summed E-state index contributed by atoms with van der Waals surface area (Å²) in [4.78, 5) is 47.2. The van der Waals surface area contributed by atoms with Gasteiger partial charge in [-0.15, -0.1) is 0 Å². The van der Waals surface area contributed by atoms with Crippen LogP contribution in [-0.4, -0.2) is 95.8 Å². The van der Waals surface area contributed by atoms with Crippen molar-refractivity contribution in [3.8, 4) is 5.75 Å². The van der Waals surface area contributed by atoms with Gasteiger partial charge in [0.2, 0.25) is 5.91 Å². The summed E-state index contributed by atoms with van der Waals surface area (Å²) in [5, 5.41) is 10.2. The number of carbonyl (C=O) groups is 2. The molecule has 0 fully saturated rings. The Bertz CT molecular complexity index is 1650. The van der Waals surface area contributed by atoms with Crippen LogP contribution in [0.3, 0.4) is 0 Å². The fourth-order valence-corrected chi connectivity index (χ4v) is 6.41. The molecule has 4 rings (SSSR count). The standard InChI is InChI=1S/C37H48N4O6S/c1-4-39(5-2)20-21-40(33(43)18-25-46-24-17-29-13-9-10-28(3)26-29)22-23-41(37(45)47-27-30-11-7-6-8-12-30)19-16-31-14-15-32(42)34-35(31)48-36(44)38-34/h6-15,26,42H,4-5,16-25,27H2,1-3H3,(H,38,44). The number of aromatic hydroxyl groups is 1. The molecule has 258 valence electrons. The lowest BCUT2D eigenvalue weighted by molar-refractivity contribution is -0.132. The lowest BCUT2D eigenvalue weighted by atomic mass is 10.1. The number of likely N-dealkylation sites (N-methyl/N-ethyl adjacent to an activating group) is 1. The average molecular weight is 677 g/mol. The molecule has 2 amide bonds. The van der Waals surface area contributed by atoms with E-state index in [4.69, 9.17) is 9.47 Å². The van der Waals surface area contributed by atoms with E-state index in [-0.39, 0.29) is 36.1 Å². The summed E-state index contributed by atoms with van der Waals surface area (Å²) in [7, 11) is 0. The maximum absolute atomic E-state index is 13.5. The Morgan fingerprint density at radius 1 is 0.833 bits per heavy atom. The molecular formula is C37H48N4O6S. The number of aromatic amines is 1. The Kier molecular flexibility index (Phi) is 14.5. The number of nitrogens with one attached hydrogen (secondary N) is 1. The summed E-state index contributed by atoms with van der Waals surface area (Å²) in [6.07, 6.45) is 0.996. The number of nitrogens with zero attached hydrogens (tertiary/aromatic N) is 3. The summed E-state index contributed by atoms with van der Waals surface area (Å²) in [6, 6.07) is 21.1. The molecule has 3 aromatic carbocycles. The molecule has 0 aliphatic carbocycles. The second kappa shape index (κ2) is 19.0. The number of thiazole rings is 1. The first-order valence-corrected chi connectivity index (χ1v) is 17.5. The third-order valence-corrected chi connectivity index (χ3v) is 9.36. The van der Waals surface area contributed by atoms with Gasteiger partial charge in [-0.2, -0.15) is 0 Å². The van der Waals surface area contributed by atoms with Gasteiger partial charge in [0.1, 0.15) is 17.9 Å². The molecule has 0 spiro atoms. The third kappa shape index (κ3) is 11.2. The number of hydrogen-bond donors (Lipinski definition) is 2. The van der Waals surface area contributed by atoms with Gasteiger partial charge in [0.15, 0.2) is 0 Å². The molecule has 4 aromatic rings. The summed E-state index contributed by atoms with van der Waals surface area (Å²) < 4.78 is 12.2. The van der Waals surface area contributed by atoms with Gasteiger partial charge in [-0.25, -0.2) is 4.79 Å². The smallest absolute Gasteiger partial charge is 0.410 e. The zero-order chi connectivity index (χ0) is 34.3. The average Bonchev–Trinajstić information content (AvgIpc) is 3.50. The zero-order valence-electron chi connectivity index (χ0n) is 28.3. The van der Waals surface area contributed by atoms with Crippen LogP contribution >= 0.6 is 11.3 Å². The molecule has 1 heterocycles. The second-order valence-electron chi connectivity index (χ2n) is 11.7. The van der Waals surface area contributed by atoms with Gasteiger partial charge in [0.05, 0.1) is 24.3 Å². The van der Waals surface area contributed by atoms with E-state index in [1.165, 1.54) is 11.1 Å². The van der Waals surface area contributed by atoms with Crippen LogP contribution in [0.4, 0.5) is 4.79 Å². The van der Waals surface area contributed by atoms with E-state index in [2.05, 4.69) is 48.9 Å². The van der Waals surface area contributed by atoms with Crippen molar-refractivity contribution in [1.29, 1.82) is 0 Å². The van der Waals surface area contributed by atoms with Crippen molar-refractivity contribution in [2.75, 3.05) is 59.0 Å². The topological polar surface area (TPSA) is 115 Å². The van der Waals surface area contributed by atoms with Crippen LogP contribution in [0, 0.1) is 6.92 Å². The number of H-pyrrole nitrogens is 1. The number of rotatable bonds is 19. The van der Waals surface area contributed by atoms with Crippen molar-refractivity contribution in [1.82, 2.24) is 19.7 Å². The minimum Gasteiger partial charge on any atom is -0.506 e. The van der Waals surface area contributed by atoms with Crippen molar-refractivity contribution < 1.29 is 24.2 Å². The maximum Gasteiger partial charge on any atom is 0.410 e. The molecule has 10 nitrogen and oxygen atoms in total. The van der Waals surface area contributed by atoms with E-state index >= 15 is 0 Å². The van der Waals surface area contributed by atoms with Gasteiger partial charge >= 0.3 is 11.0 Å². The highest BCUT2D eigenvalue weighted by molar-refractivity contribution is 7.16. The van der Waals surface area contributed by atoms with Gasteiger partial charge in [0, 0.05) is 32.7 Å². The quantitative estimate of drug-likeness (QED) is 0.124. The predicted octanol–water partition coefficient (Wildman–Crippen LogP) is 5.60. The molecule has 0 aliphatic heterocycles. The van der Waals surface area contributed by atoms with Crippen molar-refractivity contribution in [3.05, 3.63) is 98.7 Å². The number of carbonyl (C=O) groups excluding carboxylic acids is 2. The van der Waals surface area contributed by atoms with E-state index < -0.39 is 6.09 Å². The van der Waals surface area contributed by atoms with E-state index in [9.17, 15) is 19.5 Å². The number of benzene rings is 3. The summed E-state index contributed by atoms with van der Waals surface area (Å²) in [5.41, 5.74) is 4.53. The van der Waals surface area contributed by atoms with Gasteiger partial charge in [0.25, 0.3) is 0 Å². The van der Waals surface area contributed by atoms with E-state index in [0.29, 0.717) is 49.5 Å². The Morgan fingerprint density at radius 2 is 1.56 bits per heavy atom. The molecule has 2 N–H and O–H groups in total. The normalized spacial score (nSPS) is 11.2. The van der Waals surface area contributed by atoms with Gasteiger partial charge < -0.3 is 34.3 Å². The molecule has 0 unspecified atom stereocenters. The fraction of sp³-hybridized carbons (Fsp3) is 0.432. The molecule has 1 aromatic heterocycles. The van der Waals surface area contributed by atoms with Crippen LogP contribution in [0.1, 0.15) is 42.5 Å². The Labute approximate surface area is 286 Å². The van der Waals surface area contributed by atoms with E-state index in [0.717, 1.165) is 48.5 Å². The number of phenolic OH excluding ortho intramolecular Hbond substituents is 1. The minimum atomic E-state index is -0.480. The third-order valence-electron chi connectivity index (χ3n) is 8.40. The summed E-state index contributed by atoms with van der Waals surface area (Å²) >= 11 is 1.03. The van der Waals surface area contributed by atoms with Crippen LogP contribution in [0.5, 0.6) is 5.75 Å². The monoisotopic (exact) mass is 676 g/mol. The molecule has 0 saturated heterocycles. The van der Waals surface area contributed by atoms with Crippen molar-refractivity contribution in [3.63, 3.8) is 0 Å². The fourth-order valence-electron chi connectivity index (χ4n) is 5.51. The Hall–Kier alpha value is -4.19. The highest BCUT2D eigenvalue weighted by Gasteiger charge is 2.21. The second-order valence-corrected chi connectivity index (χ2v) is 12.7. The highest BCUT2D eigenvalue weighted by atomic mass is 32.1. The van der Waals surface area contributed by atoms with Gasteiger partial charge in [-0.3, -0.25) is 9.59 Å². The van der Waals surface area contributed by atoms with Gasteiger partial charge in [-0.1, -0.05) is 91.4 Å². The van der Waals surface area contributed by atoms with Crippen molar-refractivity contribution in [2.45, 2.75) is 46.6 Å². The Balaban J connectivity index is 1.41. The number of phenols is 1. The highest BCUT2D eigenvalue weighted by Crippen LogP contribution is 2.28. The SMILES string of the molecule is CCN(CC)CCN(CCN(CCc1ccc(O)c2[nH]c(=O)sc12)C(=O)OCc1ccccc1)C(=O)CCOCCc1cccc(C)c1. The lowest BCUT2D eigenvalue weighted by Crippen LogP contribution is -2.45. The Morgan fingerprint density at radius 3 is 2.31 bits per heavy atom. The van der Waals surface area contributed by atoms with E-state index in [1.54, 1.807) is 17.0 Å².